The fourth-order valence-corrected chi connectivity index (χ4v) is 2.44. The highest BCUT2D eigenvalue weighted by Crippen LogP contribution is 2.29. The van der Waals surface area contributed by atoms with Crippen LogP contribution in [0.2, 0.25) is 0 Å². The topological polar surface area (TPSA) is 20.3 Å². The van der Waals surface area contributed by atoms with E-state index >= 15 is 0 Å². The standard InChI is InChI=1S/C11H19NO/c1-12(9-4-2-5-9)10-6-3-7-11(13)8-10/h9-10H,2-8H2,1H3. The molecule has 0 aromatic carbocycles. The van der Waals surface area contributed by atoms with Gasteiger partial charge in [0.2, 0.25) is 0 Å². The van der Waals surface area contributed by atoms with Gasteiger partial charge in [0.25, 0.3) is 0 Å². The number of ketones is 1. The lowest BCUT2D eigenvalue weighted by atomic mass is 9.87. The molecule has 2 fully saturated rings. The highest BCUT2D eigenvalue weighted by atomic mass is 16.1. The van der Waals surface area contributed by atoms with Crippen LogP contribution in [0.15, 0.2) is 0 Å². The van der Waals surface area contributed by atoms with Crippen molar-refractivity contribution in [3.8, 4) is 0 Å². The molecule has 2 aliphatic rings. The average Bonchev–Trinajstić information content (AvgIpc) is 2.01. The van der Waals surface area contributed by atoms with Crippen LogP contribution in [-0.4, -0.2) is 29.8 Å². The van der Waals surface area contributed by atoms with Gasteiger partial charge in [0.15, 0.2) is 0 Å². The molecule has 0 aromatic rings. The molecule has 0 N–H and O–H groups in total. The SMILES string of the molecule is CN(C1CCC1)C1CCCC(=O)C1. The van der Waals surface area contributed by atoms with Gasteiger partial charge in [-0.15, -0.1) is 0 Å². The van der Waals surface area contributed by atoms with Gasteiger partial charge in [0, 0.05) is 24.9 Å². The molecule has 1 unspecified atom stereocenters. The molecule has 0 amide bonds. The largest absolute Gasteiger partial charge is 0.300 e. The molecule has 0 heterocycles. The van der Waals surface area contributed by atoms with Crippen LogP contribution in [0.25, 0.3) is 0 Å². The molecule has 1 atom stereocenters. The summed E-state index contributed by atoms with van der Waals surface area (Å²) in [7, 11) is 2.20. The summed E-state index contributed by atoms with van der Waals surface area (Å²) in [6, 6.07) is 1.35. The van der Waals surface area contributed by atoms with Crippen molar-refractivity contribution in [2.45, 2.75) is 57.0 Å². The van der Waals surface area contributed by atoms with Crippen molar-refractivity contribution in [3.63, 3.8) is 0 Å². The third-order valence-corrected chi connectivity index (χ3v) is 3.68. The van der Waals surface area contributed by atoms with Gasteiger partial charge >= 0.3 is 0 Å². The Bertz CT molecular complexity index is 198. The predicted octanol–water partition coefficient (Wildman–Crippen LogP) is 1.98. The van der Waals surface area contributed by atoms with Crippen LogP contribution < -0.4 is 0 Å². The van der Waals surface area contributed by atoms with Crippen molar-refractivity contribution in [2.24, 2.45) is 0 Å². The molecule has 0 radical (unpaired) electrons. The third-order valence-electron chi connectivity index (χ3n) is 3.68. The predicted molar refractivity (Wildman–Crippen MR) is 52.7 cm³/mol. The lowest BCUT2D eigenvalue weighted by molar-refractivity contribution is -0.122. The Kier molecular flexibility index (Phi) is 2.68. The smallest absolute Gasteiger partial charge is 0.134 e. The van der Waals surface area contributed by atoms with Gasteiger partial charge in [-0.3, -0.25) is 4.79 Å². The molecule has 0 spiro atoms. The Hall–Kier alpha value is -0.370. The summed E-state index contributed by atoms with van der Waals surface area (Å²) in [5.74, 6) is 0.474. The van der Waals surface area contributed by atoms with E-state index in [1.807, 2.05) is 0 Å². The maximum atomic E-state index is 11.3. The second kappa shape index (κ2) is 3.79. The number of Topliss-reactive ketones (excluding diaryl/α,β-unsaturated/α-hetero) is 1. The van der Waals surface area contributed by atoms with Crippen LogP contribution in [0.5, 0.6) is 0 Å². The van der Waals surface area contributed by atoms with Crippen LogP contribution in [0.4, 0.5) is 0 Å². The van der Waals surface area contributed by atoms with Crippen LogP contribution >= 0.6 is 0 Å². The third kappa shape index (κ3) is 1.93. The zero-order chi connectivity index (χ0) is 9.26. The van der Waals surface area contributed by atoms with Gasteiger partial charge in [-0.05, 0) is 32.7 Å². The number of hydrogen-bond acceptors (Lipinski definition) is 2. The van der Waals surface area contributed by atoms with Gasteiger partial charge in [-0.1, -0.05) is 6.42 Å². The number of carbonyl (C=O) groups is 1. The first-order chi connectivity index (χ1) is 6.27. The van der Waals surface area contributed by atoms with Crippen molar-refractivity contribution in [1.29, 1.82) is 0 Å². The quantitative estimate of drug-likeness (QED) is 0.649. The molecule has 2 rings (SSSR count). The fourth-order valence-electron chi connectivity index (χ4n) is 2.44. The van der Waals surface area contributed by atoms with E-state index in [4.69, 9.17) is 0 Å². The molecule has 0 bridgehead atoms. The highest BCUT2D eigenvalue weighted by Gasteiger charge is 2.30. The average molecular weight is 181 g/mol. The lowest BCUT2D eigenvalue weighted by Crippen LogP contribution is -2.45. The minimum absolute atomic E-state index is 0.474. The maximum absolute atomic E-state index is 11.3. The van der Waals surface area contributed by atoms with Crippen molar-refractivity contribution >= 4 is 5.78 Å². The summed E-state index contributed by atoms with van der Waals surface area (Å²) in [5, 5.41) is 0. The van der Waals surface area contributed by atoms with Crippen LogP contribution in [0.3, 0.4) is 0 Å². The minimum atomic E-state index is 0.474. The van der Waals surface area contributed by atoms with Gasteiger partial charge < -0.3 is 4.90 Å². The monoisotopic (exact) mass is 181 g/mol. The summed E-state index contributed by atoms with van der Waals surface area (Å²) in [5.41, 5.74) is 0. The summed E-state index contributed by atoms with van der Waals surface area (Å²) in [6.45, 7) is 0. The van der Waals surface area contributed by atoms with Gasteiger partial charge in [-0.2, -0.15) is 0 Å². The molecular weight excluding hydrogens is 162 g/mol. The van der Waals surface area contributed by atoms with Crippen LogP contribution in [-0.2, 0) is 4.79 Å². The molecule has 13 heavy (non-hydrogen) atoms. The normalized spacial score (nSPS) is 30.6. The molecule has 0 aromatic heterocycles. The number of hydrogen-bond donors (Lipinski definition) is 0. The van der Waals surface area contributed by atoms with Gasteiger partial charge in [0.05, 0.1) is 0 Å². The molecule has 74 valence electrons. The van der Waals surface area contributed by atoms with Crippen molar-refractivity contribution in [3.05, 3.63) is 0 Å². The summed E-state index contributed by atoms with van der Waals surface area (Å²) < 4.78 is 0. The van der Waals surface area contributed by atoms with E-state index < -0.39 is 0 Å². The Morgan fingerprint density at radius 1 is 1.15 bits per heavy atom. The Balaban J connectivity index is 1.87. The van der Waals surface area contributed by atoms with E-state index in [1.165, 1.54) is 25.7 Å². The van der Waals surface area contributed by atoms with Crippen LogP contribution in [0.1, 0.15) is 44.9 Å². The molecule has 0 aliphatic heterocycles. The number of rotatable bonds is 2. The summed E-state index contributed by atoms with van der Waals surface area (Å²) in [4.78, 5) is 13.7. The highest BCUT2D eigenvalue weighted by molar-refractivity contribution is 5.79. The zero-order valence-corrected chi connectivity index (χ0v) is 8.46. The van der Waals surface area contributed by atoms with Crippen molar-refractivity contribution in [2.75, 3.05) is 7.05 Å². The van der Waals surface area contributed by atoms with Gasteiger partial charge in [-0.25, -0.2) is 0 Å². The maximum Gasteiger partial charge on any atom is 0.134 e. The van der Waals surface area contributed by atoms with Crippen molar-refractivity contribution < 1.29 is 4.79 Å². The van der Waals surface area contributed by atoms with Crippen molar-refractivity contribution in [1.82, 2.24) is 4.90 Å². The molecule has 2 heteroatoms. The Morgan fingerprint density at radius 3 is 2.38 bits per heavy atom. The first-order valence-corrected chi connectivity index (χ1v) is 5.51. The summed E-state index contributed by atoms with van der Waals surface area (Å²) >= 11 is 0. The molecule has 2 saturated carbocycles. The van der Waals surface area contributed by atoms with E-state index in [2.05, 4.69) is 11.9 Å². The fraction of sp³-hybridized carbons (Fsp3) is 0.909. The molecule has 2 nitrogen and oxygen atoms in total. The molecule has 0 saturated heterocycles. The van der Waals surface area contributed by atoms with E-state index in [0.29, 0.717) is 11.8 Å². The van der Waals surface area contributed by atoms with E-state index in [1.54, 1.807) is 0 Å². The molecule has 2 aliphatic carbocycles. The van der Waals surface area contributed by atoms with Gasteiger partial charge in [0.1, 0.15) is 5.78 Å². The number of carbonyl (C=O) groups excluding carboxylic acids is 1. The van der Waals surface area contributed by atoms with Crippen LogP contribution in [0, 0.1) is 0 Å². The molecular formula is C11H19NO. The zero-order valence-electron chi connectivity index (χ0n) is 8.46. The summed E-state index contributed by atoms with van der Waals surface area (Å²) in [6.07, 6.45) is 8.07. The Morgan fingerprint density at radius 2 is 1.85 bits per heavy atom. The first kappa shape index (κ1) is 9.20. The first-order valence-electron chi connectivity index (χ1n) is 5.51. The second-order valence-electron chi connectivity index (χ2n) is 4.54. The lowest BCUT2D eigenvalue weighted by Gasteiger charge is -2.41. The second-order valence-corrected chi connectivity index (χ2v) is 4.54. The number of nitrogens with zero attached hydrogens (tertiary/aromatic N) is 1. The van der Waals surface area contributed by atoms with E-state index in [0.717, 1.165) is 25.3 Å². The van der Waals surface area contributed by atoms with E-state index in [9.17, 15) is 4.79 Å². The minimum Gasteiger partial charge on any atom is -0.300 e. The Labute approximate surface area is 80.3 Å². The van der Waals surface area contributed by atoms with E-state index in [-0.39, 0.29) is 0 Å².